The van der Waals surface area contributed by atoms with Crippen molar-refractivity contribution in [3.05, 3.63) is 46.2 Å². The van der Waals surface area contributed by atoms with E-state index in [1.165, 1.54) is 23.5 Å². The minimum atomic E-state index is -0.356. The molecule has 1 amide bonds. The zero-order valence-corrected chi connectivity index (χ0v) is 11.8. The van der Waals surface area contributed by atoms with Crippen LogP contribution in [-0.2, 0) is 17.6 Å². The normalized spacial score (nSPS) is 10.6. The summed E-state index contributed by atoms with van der Waals surface area (Å²) >= 11 is 1.35. The van der Waals surface area contributed by atoms with Crippen LogP contribution in [-0.4, -0.2) is 22.6 Å². The first-order valence-electron chi connectivity index (χ1n) is 6.20. The number of aryl methyl sites for hydroxylation is 1. The number of hydrogen-bond acceptors (Lipinski definition) is 4. The molecule has 0 bridgehead atoms. The molecule has 1 aromatic carbocycles. The van der Waals surface area contributed by atoms with Gasteiger partial charge in [0.25, 0.3) is 0 Å². The number of thiazole rings is 1. The molecule has 2 rings (SSSR count). The lowest BCUT2D eigenvalue weighted by Crippen LogP contribution is -2.14. The van der Waals surface area contributed by atoms with Crippen molar-refractivity contribution in [3.8, 4) is 0 Å². The Balaban J connectivity index is 1.99. The maximum absolute atomic E-state index is 13.0. The second-order valence-corrected chi connectivity index (χ2v) is 5.44. The quantitative estimate of drug-likeness (QED) is 0.889. The SMILES string of the molecule is Cc1nc(NC(=O)Cc2cccc(F)c2)sc1CCO. The fourth-order valence-corrected chi connectivity index (χ4v) is 2.78. The molecule has 0 saturated carbocycles. The number of rotatable bonds is 5. The third-order valence-corrected chi connectivity index (χ3v) is 3.86. The van der Waals surface area contributed by atoms with Gasteiger partial charge in [-0.25, -0.2) is 9.37 Å². The third kappa shape index (κ3) is 3.85. The first-order valence-corrected chi connectivity index (χ1v) is 7.01. The van der Waals surface area contributed by atoms with Crippen LogP contribution in [0.2, 0.25) is 0 Å². The van der Waals surface area contributed by atoms with Crippen molar-refractivity contribution >= 4 is 22.4 Å². The molecular formula is C14H15FN2O2S. The van der Waals surface area contributed by atoms with E-state index in [4.69, 9.17) is 5.11 Å². The van der Waals surface area contributed by atoms with Gasteiger partial charge in [-0.1, -0.05) is 12.1 Å². The number of anilines is 1. The molecule has 2 aromatic rings. The number of carbonyl (C=O) groups is 1. The lowest BCUT2D eigenvalue weighted by atomic mass is 10.1. The summed E-state index contributed by atoms with van der Waals surface area (Å²) in [5, 5.41) is 12.1. The van der Waals surface area contributed by atoms with Gasteiger partial charge in [-0.15, -0.1) is 11.3 Å². The van der Waals surface area contributed by atoms with Crippen LogP contribution in [0.4, 0.5) is 9.52 Å². The Morgan fingerprint density at radius 2 is 2.30 bits per heavy atom. The van der Waals surface area contributed by atoms with Gasteiger partial charge in [0, 0.05) is 17.9 Å². The van der Waals surface area contributed by atoms with E-state index in [0.717, 1.165) is 10.6 Å². The minimum absolute atomic E-state index is 0.0553. The number of benzene rings is 1. The highest BCUT2D eigenvalue weighted by Crippen LogP contribution is 2.23. The van der Waals surface area contributed by atoms with E-state index in [0.29, 0.717) is 17.1 Å². The number of nitrogens with one attached hydrogen (secondary N) is 1. The molecule has 0 aliphatic rings. The fourth-order valence-electron chi connectivity index (χ4n) is 1.81. The second kappa shape index (κ2) is 6.58. The van der Waals surface area contributed by atoms with Crippen molar-refractivity contribution < 1.29 is 14.3 Å². The summed E-state index contributed by atoms with van der Waals surface area (Å²) in [6.45, 7) is 1.89. The van der Waals surface area contributed by atoms with Gasteiger partial charge < -0.3 is 10.4 Å². The number of carbonyl (C=O) groups excluding carboxylic acids is 1. The van der Waals surface area contributed by atoms with Crippen LogP contribution in [0.5, 0.6) is 0 Å². The van der Waals surface area contributed by atoms with Crippen molar-refractivity contribution in [1.29, 1.82) is 0 Å². The van der Waals surface area contributed by atoms with Crippen molar-refractivity contribution in [2.45, 2.75) is 19.8 Å². The molecule has 0 aliphatic carbocycles. The summed E-state index contributed by atoms with van der Waals surface area (Å²) in [7, 11) is 0. The predicted octanol–water partition coefficient (Wildman–Crippen LogP) is 2.31. The summed E-state index contributed by atoms with van der Waals surface area (Å²) in [5.74, 6) is -0.592. The van der Waals surface area contributed by atoms with Crippen molar-refractivity contribution in [2.24, 2.45) is 0 Å². The van der Waals surface area contributed by atoms with Gasteiger partial charge in [0.15, 0.2) is 5.13 Å². The van der Waals surface area contributed by atoms with E-state index in [9.17, 15) is 9.18 Å². The number of hydrogen-bond donors (Lipinski definition) is 2. The molecule has 1 aromatic heterocycles. The smallest absolute Gasteiger partial charge is 0.230 e. The molecule has 20 heavy (non-hydrogen) atoms. The average molecular weight is 294 g/mol. The van der Waals surface area contributed by atoms with Crippen LogP contribution in [0.1, 0.15) is 16.1 Å². The van der Waals surface area contributed by atoms with E-state index in [-0.39, 0.29) is 24.8 Å². The van der Waals surface area contributed by atoms with E-state index < -0.39 is 0 Å². The van der Waals surface area contributed by atoms with Crippen molar-refractivity contribution in [3.63, 3.8) is 0 Å². The highest BCUT2D eigenvalue weighted by atomic mass is 32.1. The first-order chi connectivity index (χ1) is 9.58. The Hall–Kier alpha value is -1.79. The molecule has 0 radical (unpaired) electrons. The molecule has 0 aliphatic heterocycles. The molecule has 0 saturated heterocycles. The van der Waals surface area contributed by atoms with E-state index >= 15 is 0 Å². The van der Waals surface area contributed by atoms with Gasteiger partial charge in [0.1, 0.15) is 5.82 Å². The van der Waals surface area contributed by atoms with Gasteiger partial charge in [0.05, 0.1) is 12.1 Å². The molecule has 1 heterocycles. The Morgan fingerprint density at radius 3 is 3.00 bits per heavy atom. The van der Waals surface area contributed by atoms with Gasteiger partial charge in [0.2, 0.25) is 5.91 Å². The van der Waals surface area contributed by atoms with Crippen LogP contribution in [0.3, 0.4) is 0 Å². The van der Waals surface area contributed by atoms with E-state index in [2.05, 4.69) is 10.3 Å². The topological polar surface area (TPSA) is 62.2 Å². The Bertz CT molecular complexity index is 613. The molecule has 6 heteroatoms. The standard InChI is InChI=1S/C14H15FN2O2S/c1-9-12(5-6-18)20-14(16-9)17-13(19)8-10-3-2-4-11(15)7-10/h2-4,7,18H,5-6,8H2,1H3,(H,16,17,19). The number of aliphatic hydroxyl groups is 1. The van der Waals surface area contributed by atoms with Gasteiger partial charge in [-0.2, -0.15) is 0 Å². The summed E-state index contributed by atoms with van der Waals surface area (Å²) in [6, 6.07) is 5.95. The summed E-state index contributed by atoms with van der Waals surface area (Å²) < 4.78 is 13.0. The maximum atomic E-state index is 13.0. The lowest BCUT2D eigenvalue weighted by Gasteiger charge is -2.02. The monoisotopic (exact) mass is 294 g/mol. The molecule has 0 atom stereocenters. The third-order valence-electron chi connectivity index (χ3n) is 2.73. The summed E-state index contributed by atoms with van der Waals surface area (Å²) in [6.07, 6.45) is 0.634. The lowest BCUT2D eigenvalue weighted by molar-refractivity contribution is -0.115. The van der Waals surface area contributed by atoms with Crippen LogP contribution in [0, 0.1) is 12.7 Å². The van der Waals surface area contributed by atoms with Crippen LogP contribution in [0.25, 0.3) is 0 Å². The zero-order chi connectivity index (χ0) is 14.5. The number of nitrogens with zero attached hydrogens (tertiary/aromatic N) is 1. The maximum Gasteiger partial charge on any atom is 0.230 e. The van der Waals surface area contributed by atoms with Gasteiger partial charge in [-0.3, -0.25) is 4.79 Å². The van der Waals surface area contributed by atoms with Crippen LogP contribution >= 0.6 is 11.3 Å². The van der Waals surface area contributed by atoms with E-state index in [1.807, 2.05) is 6.92 Å². The molecule has 106 valence electrons. The van der Waals surface area contributed by atoms with Crippen molar-refractivity contribution in [2.75, 3.05) is 11.9 Å². The molecule has 2 N–H and O–H groups in total. The van der Waals surface area contributed by atoms with Gasteiger partial charge in [-0.05, 0) is 24.6 Å². The number of amides is 1. The molecule has 0 unspecified atom stereocenters. The van der Waals surface area contributed by atoms with Crippen molar-refractivity contribution in [1.82, 2.24) is 4.98 Å². The molecule has 0 fully saturated rings. The number of aromatic nitrogens is 1. The zero-order valence-electron chi connectivity index (χ0n) is 11.0. The largest absolute Gasteiger partial charge is 0.396 e. The average Bonchev–Trinajstić information content (AvgIpc) is 2.70. The number of aliphatic hydroxyl groups excluding tert-OH is 1. The highest BCUT2D eigenvalue weighted by Gasteiger charge is 2.10. The fraction of sp³-hybridized carbons (Fsp3) is 0.286. The molecular weight excluding hydrogens is 279 g/mol. The van der Waals surface area contributed by atoms with E-state index in [1.54, 1.807) is 12.1 Å². The molecule has 0 spiro atoms. The van der Waals surface area contributed by atoms with Crippen LogP contribution in [0.15, 0.2) is 24.3 Å². The Morgan fingerprint density at radius 1 is 1.50 bits per heavy atom. The summed E-state index contributed by atoms with van der Waals surface area (Å²) in [5.41, 5.74) is 1.43. The first kappa shape index (κ1) is 14.6. The highest BCUT2D eigenvalue weighted by molar-refractivity contribution is 7.15. The molecule has 4 nitrogen and oxygen atoms in total. The van der Waals surface area contributed by atoms with Crippen LogP contribution < -0.4 is 5.32 Å². The second-order valence-electron chi connectivity index (χ2n) is 4.36. The van der Waals surface area contributed by atoms with Gasteiger partial charge >= 0.3 is 0 Å². The Kier molecular flexibility index (Phi) is 4.81. The summed E-state index contributed by atoms with van der Waals surface area (Å²) in [4.78, 5) is 17.0. The minimum Gasteiger partial charge on any atom is -0.396 e. The number of halogens is 1. The predicted molar refractivity (Wildman–Crippen MR) is 76.4 cm³/mol. The Labute approximate surface area is 120 Å².